The number of carbonyl (C=O) groups is 1. The number of halogens is 2. The second-order valence-electron chi connectivity index (χ2n) is 11.0. The molecule has 1 N–H and O–H groups in total. The molecule has 0 aliphatic heterocycles. The van der Waals surface area contributed by atoms with Gasteiger partial charge in [0.25, 0.3) is 0 Å². The van der Waals surface area contributed by atoms with E-state index in [0.29, 0.717) is 28.0 Å². The number of carbonyl (C=O) groups excluding carboxylic acids is 1. The molecule has 0 radical (unpaired) electrons. The molecule has 2 atom stereocenters. The highest BCUT2D eigenvalue weighted by atomic mass is 19.1. The Labute approximate surface area is 227 Å². The number of methoxy groups -OCH3 is 2. The Morgan fingerprint density at radius 1 is 1.03 bits per heavy atom. The van der Waals surface area contributed by atoms with E-state index in [0.717, 1.165) is 31.2 Å². The Morgan fingerprint density at radius 3 is 2.46 bits per heavy atom. The van der Waals surface area contributed by atoms with Crippen LogP contribution in [0.2, 0.25) is 0 Å². The van der Waals surface area contributed by atoms with Crippen molar-refractivity contribution in [3.05, 3.63) is 82.9 Å². The zero-order valence-corrected chi connectivity index (χ0v) is 22.5. The summed E-state index contributed by atoms with van der Waals surface area (Å²) < 4.78 is 46.5. The lowest BCUT2D eigenvalue weighted by Crippen LogP contribution is -2.13. The number of aliphatic hydroxyl groups excluding tert-OH is 1. The van der Waals surface area contributed by atoms with Gasteiger partial charge in [-0.25, -0.2) is 8.78 Å². The monoisotopic (exact) mass is 536 g/mol. The van der Waals surface area contributed by atoms with Gasteiger partial charge in [0.2, 0.25) is 0 Å². The smallest absolute Gasteiger partial charge is 0.306 e. The molecule has 0 heterocycles. The third-order valence-electron chi connectivity index (χ3n) is 8.17. The summed E-state index contributed by atoms with van der Waals surface area (Å²) >= 11 is 0. The summed E-state index contributed by atoms with van der Waals surface area (Å²) in [6.07, 6.45) is 2.99. The average molecular weight is 537 g/mol. The van der Waals surface area contributed by atoms with Crippen LogP contribution < -0.4 is 9.47 Å². The van der Waals surface area contributed by atoms with Crippen LogP contribution >= 0.6 is 0 Å². The fourth-order valence-corrected chi connectivity index (χ4v) is 5.24. The molecule has 206 valence electrons. The first-order valence-electron chi connectivity index (χ1n) is 13.4. The van der Waals surface area contributed by atoms with E-state index in [2.05, 4.69) is 0 Å². The predicted molar refractivity (Wildman–Crippen MR) is 144 cm³/mol. The lowest BCUT2D eigenvalue weighted by atomic mass is 9.87. The van der Waals surface area contributed by atoms with Crippen molar-refractivity contribution in [1.29, 1.82) is 0 Å². The standard InChI is InChI=1S/C32H34F2O5/c1-32(13-14-32)31(36)26-15-19(7-11-22(26)25-16-21(37-2)10-12-27(25)33)18-39-28-6-4-5-23(30(28)34)24(20-8-9-20)17-29(35)38-3/h4-7,10-12,15-16,20,24,31,36H,8-9,13-14,17-18H2,1-3H3/t24-,31?/m1/s1. The van der Waals surface area contributed by atoms with Crippen molar-refractivity contribution in [2.75, 3.05) is 14.2 Å². The molecule has 2 aliphatic carbocycles. The molecule has 3 aromatic carbocycles. The van der Waals surface area contributed by atoms with E-state index in [4.69, 9.17) is 14.2 Å². The zero-order valence-electron chi connectivity index (χ0n) is 22.5. The Kier molecular flexibility index (Phi) is 7.63. The van der Waals surface area contributed by atoms with E-state index in [9.17, 15) is 14.3 Å². The third-order valence-corrected chi connectivity index (χ3v) is 8.17. The Hall–Kier alpha value is -3.45. The molecule has 2 aliphatic rings. The van der Waals surface area contributed by atoms with Crippen LogP contribution in [0.1, 0.15) is 67.7 Å². The lowest BCUT2D eigenvalue weighted by Gasteiger charge is -2.23. The summed E-state index contributed by atoms with van der Waals surface area (Å²) in [5.74, 6) is -0.624. The number of esters is 1. The lowest BCUT2D eigenvalue weighted by molar-refractivity contribution is -0.141. The zero-order chi connectivity index (χ0) is 27.7. The molecule has 0 bridgehead atoms. The van der Waals surface area contributed by atoms with Crippen LogP contribution in [0.4, 0.5) is 8.78 Å². The third kappa shape index (κ3) is 5.78. The molecular formula is C32H34F2O5. The molecule has 2 fully saturated rings. The van der Waals surface area contributed by atoms with E-state index in [1.807, 2.05) is 13.0 Å². The largest absolute Gasteiger partial charge is 0.497 e. The van der Waals surface area contributed by atoms with E-state index < -0.39 is 17.7 Å². The minimum absolute atomic E-state index is 0.0583. The molecule has 0 amide bonds. The quantitative estimate of drug-likeness (QED) is 0.265. The van der Waals surface area contributed by atoms with E-state index in [1.54, 1.807) is 42.5 Å². The number of rotatable bonds is 11. The molecule has 39 heavy (non-hydrogen) atoms. The van der Waals surface area contributed by atoms with Gasteiger partial charge in [0.15, 0.2) is 11.6 Å². The molecule has 3 aromatic rings. The highest BCUT2D eigenvalue weighted by molar-refractivity contribution is 5.71. The summed E-state index contributed by atoms with van der Waals surface area (Å²) in [6, 6.07) is 14.9. The average Bonchev–Trinajstić information content (AvgIpc) is 3.88. The Bertz CT molecular complexity index is 1360. The molecule has 2 saturated carbocycles. The second kappa shape index (κ2) is 11.0. The van der Waals surface area contributed by atoms with Crippen molar-refractivity contribution in [1.82, 2.24) is 0 Å². The maximum Gasteiger partial charge on any atom is 0.306 e. The van der Waals surface area contributed by atoms with Gasteiger partial charge in [0.05, 0.1) is 26.7 Å². The normalized spacial score (nSPS) is 17.3. The van der Waals surface area contributed by atoms with Gasteiger partial charge >= 0.3 is 5.97 Å². The number of ether oxygens (including phenoxy) is 3. The van der Waals surface area contributed by atoms with Gasteiger partial charge in [-0.3, -0.25) is 4.79 Å². The van der Waals surface area contributed by atoms with Crippen molar-refractivity contribution < 1.29 is 32.9 Å². The van der Waals surface area contributed by atoms with Gasteiger partial charge in [-0.05, 0) is 89.6 Å². The van der Waals surface area contributed by atoms with Gasteiger partial charge < -0.3 is 19.3 Å². The van der Waals surface area contributed by atoms with Crippen molar-refractivity contribution in [2.24, 2.45) is 11.3 Å². The van der Waals surface area contributed by atoms with Crippen molar-refractivity contribution >= 4 is 5.97 Å². The van der Waals surface area contributed by atoms with Crippen LogP contribution in [0.25, 0.3) is 11.1 Å². The molecule has 1 unspecified atom stereocenters. The highest BCUT2D eigenvalue weighted by Gasteiger charge is 2.45. The number of hydrogen-bond donors (Lipinski definition) is 1. The molecule has 5 rings (SSSR count). The maximum absolute atomic E-state index is 15.6. The van der Waals surface area contributed by atoms with E-state index in [1.165, 1.54) is 20.3 Å². The topological polar surface area (TPSA) is 65.0 Å². The number of hydrogen-bond acceptors (Lipinski definition) is 5. The Balaban J connectivity index is 1.42. The fraction of sp³-hybridized carbons (Fsp3) is 0.406. The van der Waals surface area contributed by atoms with Gasteiger partial charge in [0, 0.05) is 11.5 Å². The SMILES string of the molecule is COC(=O)C[C@@H](c1cccc(OCc2ccc(-c3cc(OC)ccc3F)c(C(O)C3(C)CC3)c2)c1F)C1CC1. The summed E-state index contributed by atoms with van der Waals surface area (Å²) in [4.78, 5) is 12.0. The van der Waals surface area contributed by atoms with Crippen molar-refractivity contribution in [3.8, 4) is 22.6 Å². The molecule has 0 spiro atoms. The maximum atomic E-state index is 15.6. The summed E-state index contributed by atoms with van der Waals surface area (Å²) in [5, 5.41) is 11.3. The van der Waals surface area contributed by atoms with Crippen LogP contribution in [0.15, 0.2) is 54.6 Å². The second-order valence-corrected chi connectivity index (χ2v) is 11.0. The van der Waals surface area contributed by atoms with Crippen LogP contribution in [0, 0.1) is 23.0 Å². The van der Waals surface area contributed by atoms with Gasteiger partial charge in [0.1, 0.15) is 18.2 Å². The van der Waals surface area contributed by atoms with Crippen LogP contribution in [0.5, 0.6) is 11.5 Å². The first kappa shape index (κ1) is 27.1. The first-order valence-corrected chi connectivity index (χ1v) is 13.4. The van der Waals surface area contributed by atoms with Crippen LogP contribution in [-0.4, -0.2) is 25.3 Å². The molecule has 0 saturated heterocycles. The molecule has 0 aromatic heterocycles. The van der Waals surface area contributed by atoms with E-state index >= 15 is 4.39 Å². The van der Waals surface area contributed by atoms with Crippen LogP contribution in [-0.2, 0) is 16.1 Å². The summed E-state index contributed by atoms with van der Waals surface area (Å²) in [6.45, 7) is 2.07. The van der Waals surface area contributed by atoms with Crippen LogP contribution in [0.3, 0.4) is 0 Å². The molecule has 7 heteroatoms. The predicted octanol–water partition coefficient (Wildman–Crippen LogP) is 7.11. The summed E-state index contributed by atoms with van der Waals surface area (Å²) in [7, 11) is 2.86. The minimum atomic E-state index is -0.796. The Morgan fingerprint density at radius 2 is 1.79 bits per heavy atom. The number of aliphatic hydroxyl groups is 1. The van der Waals surface area contributed by atoms with Gasteiger partial charge in [-0.1, -0.05) is 31.2 Å². The van der Waals surface area contributed by atoms with Gasteiger partial charge in [-0.15, -0.1) is 0 Å². The van der Waals surface area contributed by atoms with E-state index in [-0.39, 0.29) is 42.0 Å². The molecule has 5 nitrogen and oxygen atoms in total. The summed E-state index contributed by atoms with van der Waals surface area (Å²) in [5.41, 5.74) is 2.43. The highest BCUT2D eigenvalue weighted by Crippen LogP contribution is 2.56. The first-order chi connectivity index (χ1) is 18.7. The minimum Gasteiger partial charge on any atom is -0.497 e. The van der Waals surface area contributed by atoms with Crippen molar-refractivity contribution in [3.63, 3.8) is 0 Å². The number of benzene rings is 3. The fourth-order valence-electron chi connectivity index (χ4n) is 5.24. The molecular weight excluding hydrogens is 502 g/mol. The van der Waals surface area contributed by atoms with Gasteiger partial charge in [-0.2, -0.15) is 0 Å². The van der Waals surface area contributed by atoms with Crippen molar-refractivity contribution in [2.45, 2.75) is 57.7 Å².